The van der Waals surface area contributed by atoms with E-state index in [0.717, 1.165) is 15.6 Å². The van der Waals surface area contributed by atoms with E-state index in [9.17, 15) is 4.79 Å². The fraction of sp³-hybridized carbons (Fsp3) is 0.389. The Hall–Kier alpha value is -0.930. The van der Waals surface area contributed by atoms with E-state index in [1.165, 1.54) is 16.7 Å². The van der Waals surface area contributed by atoms with Gasteiger partial charge in [-0.25, -0.2) is 0 Å². The Balaban J connectivity index is 2.34. The van der Waals surface area contributed by atoms with E-state index >= 15 is 0 Å². The number of carbonyl (C=O) groups is 1. The Morgan fingerprint density at radius 2 is 1.71 bits per heavy atom. The van der Waals surface area contributed by atoms with E-state index in [1.807, 2.05) is 10.8 Å². The number of ketones is 1. The average molecular weight is 365 g/mol. The summed E-state index contributed by atoms with van der Waals surface area (Å²) in [6.45, 7) is 10.9. The maximum absolute atomic E-state index is 12.5. The molecule has 2 rings (SSSR count). The van der Waals surface area contributed by atoms with Gasteiger partial charge in [0.05, 0.1) is 0 Å². The summed E-state index contributed by atoms with van der Waals surface area (Å²) in [7, 11) is 0. The summed E-state index contributed by atoms with van der Waals surface area (Å²) in [6, 6.07) is 4.44. The van der Waals surface area contributed by atoms with E-state index in [1.54, 1.807) is 11.3 Å². The highest BCUT2D eigenvalue weighted by atomic mass is 79.9. The largest absolute Gasteiger partial charge is 0.294 e. The number of Topliss-reactive ketones (excluding diaryl/α,β-unsaturated/α-hetero) is 1. The van der Waals surface area contributed by atoms with Crippen molar-refractivity contribution >= 4 is 33.0 Å². The van der Waals surface area contributed by atoms with Gasteiger partial charge in [-0.05, 0) is 57.4 Å². The van der Waals surface area contributed by atoms with Crippen LogP contribution < -0.4 is 0 Å². The van der Waals surface area contributed by atoms with Crippen molar-refractivity contribution in [3.63, 3.8) is 0 Å². The minimum Gasteiger partial charge on any atom is -0.294 e. The monoisotopic (exact) mass is 364 g/mol. The van der Waals surface area contributed by atoms with Crippen molar-refractivity contribution in [2.75, 3.05) is 0 Å². The summed E-state index contributed by atoms with van der Waals surface area (Å²) >= 11 is 5.00. The Kier molecular flexibility index (Phi) is 4.74. The first-order chi connectivity index (χ1) is 9.70. The molecule has 21 heavy (non-hydrogen) atoms. The van der Waals surface area contributed by atoms with Gasteiger partial charge >= 0.3 is 0 Å². The van der Waals surface area contributed by atoms with Gasteiger partial charge in [0.1, 0.15) is 0 Å². The fourth-order valence-electron chi connectivity index (χ4n) is 2.44. The quantitative estimate of drug-likeness (QED) is 0.624. The minimum absolute atomic E-state index is 0.133. The summed E-state index contributed by atoms with van der Waals surface area (Å²) < 4.78 is 0.902. The molecule has 1 aromatic carbocycles. The smallest absolute Gasteiger partial charge is 0.169 e. The predicted octanol–water partition coefficient (Wildman–Crippen LogP) is 5.85. The van der Waals surface area contributed by atoms with Gasteiger partial charge in [-0.3, -0.25) is 4.79 Å². The Morgan fingerprint density at radius 3 is 2.14 bits per heavy atom. The molecule has 0 N–H and O–H groups in total. The summed E-state index contributed by atoms with van der Waals surface area (Å²) in [5.74, 6) is 0.179. The Bertz CT molecular complexity index is 654. The van der Waals surface area contributed by atoms with Crippen molar-refractivity contribution in [3.8, 4) is 0 Å². The van der Waals surface area contributed by atoms with Gasteiger partial charge in [0.15, 0.2) is 5.78 Å². The molecule has 0 aliphatic rings. The standard InChI is InChI=1S/C18H21BrOS/c1-11-6-13(18(3,4)5)7-12(2)14(11)8-17(20)15-9-21-10-16(15)19/h6-7,9-10H,8H2,1-5H3. The summed E-state index contributed by atoms with van der Waals surface area (Å²) in [4.78, 5) is 12.5. The topological polar surface area (TPSA) is 17.1 Å². The van der Waals surface area contributed by atoms with E-state index in [0.29, 0.717) is 6.42 Å². The van der Waals surface area contributed by atoms with Crippen LogP contribution in [0, 0.1) is 13.8 Å². The van der Waals surface area contributed by atoms with Gasteiger partial charge in [-0.1, -0.05) is 32.9 Å². The molecule has 1 heterocycles. The lowest BCUT2D eigenvalue weighted by Crippen LogP contribution is -2.13. The van der Waals surface area contributed by atoms with Gasteiger partial charge in [0.25, 0.3) is 0 Å². The molecule has 0 bridgehead atoms. The van der Waals surface area contributed by atoms with Crippen LogP contribution in [-0.4, -0.2) is 5.78 Å². The third kappa shape index (κ3) is 3.64. The molecular weight excluding hydrogens is 344 g/mol. The van der Waals surface area contributed by atoms with Gasteiger partial charge in [0, 0.05) is 27.2 Å². The summed E-state index contributed by atoms with van der Waals surface area (Å²) in [6.07, 6.45) is 0.470. The lowest BCUT2D eigenvalue weighted by molar-refractivity contribution is 0.0992. The van der Waals surface area contributed by atoms with E-state index in [4.69, 9.17) is 0 Å². The highest BCUT2D eigenvalue weighted by molar-refractivity contribution is 9.10. The first kappa shape index (κ1) is 16.4. The number of rotatable bonds is 3. The van der Waals surface area contributed by atoms with Crippen LogP contribution in [-0.2, 0) is 11.8 Å². The summed E-state index contributed by atoms with van der Waals surface area (Å²) in [5.41, 5.74) is 5.82. The SMILES string of the molecule is Cc1cc(C(C)(C)C)cc(C)c1CC(=O)c1cscc1Br. The molecule has 3 heteroatoms. The molecule has 0 radical (unpaired) electrons. The van der Waals surface area contributed by atoms with E-state index < -0.39 is 0 Å². The van der Waals surface area contributed by atoms with E-state index in [2.05, 4.69) is 62.7 Å². The highest BCUT2D eigenvalue weighted by Crippen LogP contribution is 2.29. The number of hydrogen-bond donors (Lipinski definition) is 0. The molecule has 1 aromatic heterocycles. The van der Waals surface area contributed by atoms with Gasteiger partial charge in [-0.15, -0.1) is 0 Å². The van der Waals surface area contributed by atoms with Crippen LogP contribution in [0.2, 0.25) is 0 Å². The molecule has 0 saturated heterocycles. The lowest BCUT2D eigenvalue weighted by atomic mass is 9.83. The van der Waals surface area contributed by atoms with Crippen LogP contribution in [0.15, 0.2) is 27.4 Å². The van der Waals surface area contributed by atoms with Crippen LogP contribution in [0.4, 0.5) is 0 Å². The predicted molar refractivity (Wildman–Crippen MR) is 94.7 cm³/mol. The first-order valence-corrected chi connectivity index (χ1v) is 8.79. The first-order valence-electron chi connectivity index (χ1n) is 7.05. The van der Waals surface area contributed by atoms with Crippen LogP contribution in [0.3, 0.4) is 0 Å². The molecule has 0 spiro atoms. The Labute approximate surface area is 139 Å². The molecule has 112 valence electrons. The number of thiophene rings is 1. The number of benzene rings is 1. The normalized spacial score (nSPS) is 11.7. The maximum atomic E-state index is 12.5. The maximum Gasteiger partial charge on any atom is 0.169 e. The van der Waals surface area contributed by atoms with Crippen molar-refractivity contribution in [2.24, 2.45) is 0 Å². The zero-order chi connectivity index (χ0) is 15.8. The van der Waals surface area contributed by atoms with Crippen LogP contribution >= 0.6 is 27.3 Å². The summed E-state index contributed by atoms with van der Waals surface area (Å²) in [5, 5.41) is 3.87. The van der Waals surface area contributed by atoms with Crippen molar-refractivity contribution in [3.05, 3.63) is 55.2 Å². The zero-order valence-electron chi connectivity index (χ0n) is 13.2. The highest BCUT2D eigenvalue weighted by Gasteiger charge is 2.18. The van der Waals surface area contributed by atoms with Crippen molar-refractivity contribution in [1.29, 1.82) is 0 Å². The van der Waals surface area contributed by atoms with Crippen LogP contribution in [0.5, 0.6) is 0 Å². The lowest BCUT2D eigenvalue weighted by Gasteiger charge is -2.22. The molecule has 0 fully saturated rings. The molecule has 0 amide bonds. The minimum atomic E-state index is 0.133. The number of aryl methyl sites for hydroxylation is 2. The van der Waals surface area contributed by atoms with E-state index in [-0.39, 0.29) is 11.2 Å². The fourth-order valence-corrected chi connectivity index (χ4v) is 3.96. The molecule has 2 aromatic rings. The Morgan fingerprint density at radius 1 is 1.14 bits per heavy atom. The third-order valence-corrected chi connectivity index (χ3v) is 5.52. The second kappa shape index (κ2) is 6.05. The molecule has 0 saturated carbocycles. The average Bonchev–Trinajstić information content (AvgIpc) is 2.78. The van der Waals surface area contributed by atoms with Crippen LogP contribution in [0.25, 0.3) is 0 Å². The molecule has 0 aliphatic carbocycles. The van der Waals surface area contributed by atoms with Gasteiger partial charge in [-0.2, -0.15) is 11.3 Å². The molecule has 0 atom stereocenters. The zero-order valence-corrected chi connectivity index (χ0v) is 15.6. The van der Waals surface area contributed by atoms with Gasteiger partial charge < -0.3 is 0 Å². The van der Waals surface area contributed by atoms with Crippen molar-refractivity contribution in [2.45, 2.75) is 46.5 Å². The second-order valence-electron chi connectivity index (χ2n) is 6.57. The van der Waals surface area contributed by atoms with Crippen molar-refractivity contribution < 1.29 is 4.79 Å². The molecular formula is C18H21BrOS. The molecule has 0 aliphatic heterocycles. The second-order valence-corrected chi connectivity index (χ2v) is 8.17. The molecule has 1 nitrogen and oxygen atoms in total. The molecule has 0 unspecified atom stereocenters. The van der Waals surface area contributed by atoms with Crippen LogP contribution in [0.1, 0.15) is 53.4 Å². The third-order valence-electron chi connectivity index (χ3n) is 3.81. The van der Waals surface area contributed by atoms with Gasteiger partial charge in [0.2, 0.25) is 0 Å². The number of halogens is 1. The number of carbonyl (C=O) groups excluding carboxylic acids is 1. The van der Waals surface area contributed by atoms with Crippen molar-refractivity contribution in [1.82, 2.24) is 0 Å². The number of hydrogen-bond acceptors (Lipinski definition) is 2.